The Bertz CT molecular complexity index is 863. The van der Waals surface area contributed by atoms with Crippen LogP contribution in [0.1, 0.15) is 5.82 Å². The summed E-state index contributed by atoms with van der Waals surface area (Å²) in [5, 5.41) is 1.20. The van der Waals surface area contributed by atoms with Crippen molar-refractivity contribution in [2.24, 2.45) is 7.05 Å². The molecule has 0 bridgehead atoms. The number of nitrogens with zero attached hydrogens (tertiary/aromatic N) is 3. The largest absolute Gasteiger partial charge is 0.338 e. The molecule has 3 aromatic rings. The van der Waals surface area contributed by atoms with Gasteiger partial charge in [0, 0.05) is 25.1 Å². The standard InChI is InChI=1S/C17H15N3S/c1-19-13-8-4-3-7-12(13)18-16(19)11-17-20(2)14-9-5-6-10-15(14)21-17/h3-11H,1-2H3/b17-11+. The topological polar surface area (TPSA) is 21.1 Å². The highest BCUT2D eigenvalue weighted by molar-refractivity contribution is 8.03. The number of imidazole rings is 1. The molecule has 4 heteroatoms. The van der Waals surface area contributed by atoms with Gasteiger partial charge in [-0.3, -0.25) is 0 Å². The number of para-hydroxylation sites is 3. The third-order valence-corrected chi connectivity index (χ3v) is 5.01. The smallest absolute Gasteiger partial charge is 0.136 e. The van der Waals surface area contributed by atoms with Gasteiger partial charge in [0.2, 0.25) is 0 Å². The molecule has 104 valence electrons. The van der Waals surface area contributed by atoms with Crippen LogP contribution in [0.3, 0.4) is 0 Å². The third kappa shape index (κ3) is 1.94. The Morgan fingerprint density at radius 1 is 1.00 bits per heavy atom. The monoisotopic (exact) mass is 293 g/mol. The fourth-order valence-electron chi connectivity index (χ4n) is 2.65. The second-order valence-electron chi connectivity index (χ2n) is 5.13. The van der Waals surface area contributed by atoms with E-state index in [2.05, 4.69) is 66.0 Å². The quantitative estimate of drug-likeness (QED) is 0.673. The van der Waals surface area contributed by atoms with Gasteiger partial charge < -0.3 is 9.47 Å². The lowest BCUT2D eigenvalue weighted by atomic mass is 10.3. The van der Waals surface area contributed by atoms with Gasteiger partial charge in [0.15, 0.2) is 0 Å². The van der Waals surface area contributed by atoms with E-state index in [9.17, 15) is 0 Å². The predicted molar refractivity (Wildman–Crippen MR) is 89.4 cm³/mol. The van der Waals surface area contributed by atoms with E-state index < -0.39 is 0 Å². The number of fused-ring (bicyclic) bond motifs is 2. The Morgan fingerprint density at radius 2 is 1.76 bits per heavy atom. The molecule has 0 aliphatic carbocycles. The van der Waals surface area contributed by atoms with Gasteiger partial charge >= 0.3 is 0 Å². The minimum Gasteiger partial charge on any atom is -0.338 e. The van der Waals surface area contributed by atoms with Crippen molar-refractivity contribution in [1.29, 1.82) is 0 Å². The van der Waals surface area contributed by atoms with E-state index in [4.69, 9.17) is 4.98 Å². The number of anilines is 1. The highest BCUT2D eigenvalue weighted by atomic mass is 32.2. The summed E-state index contributed by atoms with van der Waals surface area (Å²) in [6.07, 6.45) is 2.16. The second kappa shape index (κ2) is 4.67. The zero-order chi connectivity index (χ0) is 14.4. The maximum Gasteiger partial charge on any atom is 0.136 e. The molecule has 1 aliphatic rings. The molecule has 0 radical (unpaired) electrons. The molecule has 3 nitrogen and oxygen atoms in total. The molecule has 2 heterocycles. The van der Waals surface area contributed by atoms with Crippen LogP contribution in [0.2, 0.25) is 0 Å². The number of rotatable bonds is 1. The highest BCUT2D eigenvalue weighted by Crippen LogP contribution is 2.45. The number of hydrogen-bond acceptors (Lipinski definition) is 3. The van der Waals surface area contributed by atoms with Gasteiger partial charge in [-0.25, -0.2) is 4.98 Å². The fraction of sp³-hybridized carbons (Fsp3) is 0.118. The molecule has 0 amide bonds. The Labute approximate surface area is 127 Å². The van der Waals surface area contributed by atoms with Crippen molar-refractivity contribution in [2.45, 2.75) is 4.90 Å². The molecule has 0 saturated carbocycles. The zero-order valence-corrected chi connectivity index (χ0v) is 12.8. The minimum absolute atomic E-state index is 0.985. The normalized spacial score (nSPS) is 15.9. The summed E-state index contributed by atoms with van der Waals surface area (Å²) in [6, 6.07) is 16.7. The van der Waals surface area contributed by atoms with Crippen LogP contribution in [-0.2, 0) is 7.05 Å². The van der Waals surface area contributed by atoms with Crippen LogP contribution in [0.4, 0.5) is 5.69 Å². The van der Waals surface area contributed by atoms with Gasteiger partial charge in [0.25, 0.3) is 0 Å². The van der Waals surface area contributed by atoms with Crippen LogP contribution in [0.5, 0.6) is 0 Å². The average Bonchev–Trinajstić information content (AvgIpc) is 2.99. The lowest BCUT2D eigenvalue weighted by Gasteiger charge is -2.13. The summed E-state index contributed by atoms with van der Waals surface area (Å²) < 4.78 is 2.14. The van der Waals surface area contributed by atoms with Crippen molar-refractivity contribution in [1.82, 2.24) is 9.55 Å². The van der Waals surface area contributed by atoms with Crippen molar-refractivity contribution >= 4 is 34.6 Å². The molecule has 0 saturated heterocycles. The summed E-state index contributed by atoms with van der Waals surface area (Å²) in [7, 11) is 4.17. The summed E-state index contributed by atoms with van der Waals surface area (Å²) in [6.45, 7) is 0. The first-order chi connectivity index (χ1) is 10.2. The first-order valence-corrected chi connectivity index (χ1v) is 7.69. The van der Waals surface area contributed by atoms with E-state index >= 15 is 0 Å². The van der Waals surface area contributed by atoms with E-state index in [1.807, 2.05) is 12.1 Å². The summed E-state index contributed by atoms with van der Waals surface area (Å²) in [5.74, 6) is 0.985. The Kier molecular flexibility index (Phi) is 2.79. The molecule has 4 rings (SSSR count). The molecule has 1 aromatic heterocycles. The van der Waals surface area contributed by atoms with Gasteiger partial charge in [-0.15, -0.1) is 0 Å². The molecule has 0 spiro atoms. The second-order valence-corrected chi connectivity index (χ2v) is 6.19. The van der Waals surface area contributed by atoms with Crippen LogP contribution in [0.15, 0.2) is 58.5 Å². The third-order valence-electron chi connectivity index (χ3n) is 3.85. The summed E-state index contributed by atoms with van der Waals surface area (Å²) in [4.78, 5) is 8.24. The zero-order valence-electron chi connectivity index (χ0n) is 11.9. The molecular weight excluding hydrogens is 278 g/mol. The van der Waals surface area contributed by atoms with Crippen LogP contribution in [0.25, 0.3) is 17.1 Å². The van der Waals surface area contributed by atoms with Gasteiger partial charge in [0.05, 0.1) is 21.7 Å². The first-order valence-electron chi connectivity index (χ1n) is 6.88. The van der Waals surface area contributed by atoms with E-state index in [1.165, 1.54) is 15.6 Å². The van der Waals surface area contributed by atoms with Crippen molar-refractivity contribution in [2.75, 3.05) is 11.9 Å². The van der Waals surface area contributed by atoms with Crippen LogP contribution in [0, 0.1) is 0 Å². The Morgan fingerprint density at radius 3 is 2.57 bits per heavy atom. The van der Waals surface area contributed by atoms with E-state index in [0.717, 1.165) is 16.9 Å². The Balaban J connectivity index is 1.80. The van der Waals surface area contributed by atoms with Crippen molar-refractivity contribution < 1.29 is 0 Å². The predicted octanol–water partition coefficient (Wildman–Crippen LogP) is 4.11. The molecular formula is C17H15N3S. The lowest BCUT2D eigenvalue weighted by molar-refractivity contribution is 0.928. The fourth-order valence-corrected chi connectivity index (χ4v) is 3.73. The molecule has 0 fully saturated rings. The number of thioether (sulfide) groups is 1. The number of hydrogen-bond donors (Lipinski definition) is 0. The highest BCUT2D eigenvalue weighted by Gasteiger charge is 2.21. The average molecular weight is 293 g/mol. The van der Waals surface area contributed by atoms with Crippen molar-refractivity contribution in [3.05, 3.63) is 59.4 Å². The van der Waals surface area contributed by atoms with Gasteiger partial charge in [-0.05, 0) is 24.3 Å². The molecule has 0 unspecified atom stereocenters. The van der Waals surface area contributed by atoms with E-state index in [-0.39, 0.29) is 0 Å². The maximum atomic E-state index is 4.72. The van der Waals surface area contributed by atoms with Crippen molar-refractivity contribution in [3.8, 4) is 0 Å². The van der Waals surface area contributed by atoms with Gasteiger partial charge in [-0.2, -0.15) is 0 Å². The van der Waals surface area contributed by atoms with Crippen LogP contribution >= 0.6 is 11.8 Å². The minimum atomic E-state index is 0.985. The van der Waals surface area contributed by atoms with E-state index in [0.29, 0.717) is 0 Å². The van der Waals surface area contributed by atoms with Crippen LogP contribution in [-0.4, -0.2) is 16.6 Å². The SMILES string of the molecule is CN1/C(=C\c2nc3ccccc3n2C)Sc2ccccc21. The van der Waals surface area contributed by atoms with Gasteiger partial charge in [-0.1, -0.05) is 36.0 Å². The van der Waals surface area contributed by atoms with Crippen LogP contribution < -0.4 is 4.90 Å². The first kappa shape index (κ1) is 12.5. The van der Waals surface area contributed by atoms with Gasteiger partial charge in [0.1, 0.15) is 5.82 Å². The number of aromatic nitrogens is 2. The maximum absolute atomic E-state index is 4.72. The molecule has 21 heavy (non-hydrogen) atoms. The molecule has 0 atom stereocenters. The van der Waals surface area contributed by atoms with Crippen molar-refractivity contribution in [3.63, 3.8) is 0 Å². The lowest BCUT2D eigenvalue weighted by Crippen LogP contribution is -2.09. The number of benzene rings is 2. The number of aryl methyl sites for hydroxylation is 1. The summed E-state index contributed by atoms with van der Waals surface area (Å²) >= 11 is 1.79. The molecule has 1 aliphatic heterocycles. The summed E-state index contributed by atoms with van der Waals surface area (Å²) in [5.41, 5.74) is 3.45. The molecule has 0 N–H and O–H groups in total. The molecule has 2 aromatic carbocycles. The van der Waals surface area contributed by atoms with E-state index in [1.54, 1.807) is 11.8 Å². The Hall–Kier alpha value is -2.20.